The number of hydrogen-bond donors (Lipinski definition) is 1. The Morgan fingerprint density at radius 1 is 1.91 bits per heavy atom. The Labute approximate surface area is 63.5 Å². The molecule has 5 nitrogen and oxygen atoms in total. The first-order valence-electron chi connectivity index (χ1n) is 3.23. The van der Waals surface area contributed by atoms with Gasteiger partial charge in [-0.3, -0.25) is 9.59 Å². The Bertz CT molecular complexity index is 191. The van der Waals surface area contributed by atoms with Crippen LogP contribution in [0.5, 0.6) is 0 Å². The van der Waals surface area contributed by atoms with E-state index in [4.69, 9.17) is 5.11 Å². The summed E-state index contributed by atoms with van der Waals surface area (Å²) in [7, 11) is 0. The fourth-order valence-electron chi connectivity index (χ4n) is 0.884. The molecule has 0 spiro atoms. The van der Waals surface area contributed by atoms with E-state index < -0.39 is 12.0 Å². The molecule has 0 radical (unpaired) electrons. The fraction of sp³-hybridized carbons (Fsp3) is 0.667. The van der Waals surface area contributed by atoms with E-state index in [1.165, 1.54) is 4.90 Å². The SMILES string of the molecule is CC1C(=O)OCN1CC(=O)O. The molecule has 1 fully saturated rings. The summed E-state index contributed by atoms with van der Waals surface area (Å²) in [6.45, 7) is 1.57. The number of cyclic esters (lactones) is 1. The number of esters is 1. The van der Waals surface area contributed by atoms with Crippen LogP contribution >= 0.6 is 0 Å². The van der Waals surface area contributed by atoms with E-state index in [9.17, 15) is 9.59 Å². The maximum absolute atomic E-state index is 10.7. The van der Waals surface area contributed by atoms with Crippen molar-refractivity contribution in [1.82, 2.24) is 4.90 Å². The molecule has 1 atom stereocenters. The maximum Gasteiger partial charge on any atom is 0.324 e. The van der Waals surface area contributed by atoms with Crippen LogP contribution in [-0.2, 0) is 14.3 Å². The van der Waals surface area contributed by atoms with Crippen LogP contribution in [0.3, 0.4) is 0 Å². The lowest BCUT2D eigenvalue weighted by Crippen LogP contribution is -2.34. The lowest BCUT2D eigenvalue weighted by molar-refractivity contribution is -0.139. The van der Waals surface area contributed by atoms with Crippen LogP contribution in [0.15, 0.2) is 0 Å². The van der Waals surface area contributed by atoms with Crippen molar-refractivity contribution in [3.05, 3.63) is 0 Å². The van der Waals surface area contributed by atoms with Crippen molar-refractivity contribution in [2.75, 3.05) is 13.3 Å². The second-order valence-electron chi connectivity index (χ2n) is 2.41. The number of carbonyl (C=O) groups is 2. The van der Waals surface area contributed by atoms with Crippen molar-refractivity contribution in [2.24, 2.45) is 0 Å². The van der Waals surface area contributed by atoms with Gasteiger partial charge in [0.2, 0.25) is 0 Å². The van der Waals surface area contributed by atoms with Crippen molar-refractivity contribution in [2.45, 2.75) is 13.0 Å². The molecule has 5 heteroatoms. The van der Waals surface area contributed by atoms with E-state index in [1.54, 1.807) is 6.92 Å². The highest BCUT2D eigenvalue weighted by molar-refractivity contribution is 5.78. The molecule has 1 saturated heterocycles. The van der Waals surface area contributed by atoms with Crippen LogP contribution in [0.2, 0.25) is 0 Å². The second kappa shape index (κ2) is 2.87. The zero-order valence-electron chi connectivity index (χ0n) is 6.11. The first-order chi connectivity index (χ1) is 5.11. The van der Waals surface area contributed by atoms with Gasteiger partial charge in [-0.15, -0.1) is 0 Å². The van der Waals surface area contributed by atoms with Gasteiger partial charge in [-0.2, -0.15) is 0 Å². The Morgan fingerprint density at radius 3 is 2.91 bits per heavy atom. The number of carboxylic acids is 1. The average Bonchev–Trinajstić information content (AvgIpc) is 2.18. The van der Waals surface area contributed by atoms with E-state index in [0.29, 0.717) is 0 Å². The summed E-state index contributed by atoms with van der Waals surface area (Å²) in [6, 6.07) is -0.425. The molecule has 1 unspecified atom stereocenters. The molecule has 1 aliphatic heterocycles. The normalized spacial score (nSPS) is 25.2. The number of carboxylic acid groups (broad SMARTS) is 1. The second-order valence-corrected chi connectivity index (χ2v) is 2.41. The molecule has 1 N–H and O–H groups in total. The standard InChI is InChI=1S/C6H9NO4/c1-4-6(10)11-3-7(4)2-5(8)9/h4H,2-3H2,1H3,(H,8,9). The van der Waals surface area contributed by atoms with Gasteiger partial charge in [0, 0.05) is 0 Å². The predicted molar refractivity (Wildman–Crippen MR) is 34.8 cm³/mol. The molecule has 0 amide bonds. The van der Waals surface area contributed by atoms with Crippen molar-refractivity contribution in [3.63, 3.8) is 0 Å². The Kier molecular flexibility index (Phi) is 2.09. The van der Waals surface area contributed by atoms with Crippen molar-refractivity contribution >= 4 is 11.9 Å². The molecule has 0 bridgehead atoms. The molecule has 0 aromatic rings. The summed E-state index contributed by atoms with van der Waals surface area (Å²) < 4.78 is 4.60. The van der Waals surface area contributed by atoms with Gasteiger partial charge in [0.15, 0.2) is 0 Å². The monoisotopic (exact) mass is 159 g/mol. The molecule has 11 heavy (non-hydrogen) atoms. The van der Waals surface area contributed by atoms with Gasteiger partial charge in [0.05, 0.1) is 0 Å². The van der Waals surface area contributed by atoms with E-state index in [0.717, 1.165) is 0 Å². The van der Waals surface area contributed by atoms with Gasteiger partial charge in [-0.05, 0) is 6.92 Å². The van der Waals surface area contributed by atoms with Crippen molar-refractivity contribution in [3.8, 4) is 0 Å². The van der Waals surface area contributed by atoms with Crippen LogP contribution in [-0.4, -0.2) is 41.3 Å². The number of carbonyl (C=O) groups excluding carboxylic acids is 1. The van der Waals surface area contributed by atoms with Crippen molar-refractivity contribution in [1.29, 1.82) is 0 Å². The first kappa shape index (κ1) is 8.00. The van der Waals surface area contributed by atoms with Gasteiger partial charge in [0.25, 0.3) is 0 Å². The summed E-state index contributed by atoms with van der Waals surface area (Å²) in [5.41, 5.74) is 0. The average molecular weight is 159 g/mol. The van der Waals surface area contributed by atoms with Gasteiger partial charge < -0.3 is 9.84 Å². The highest BCUT2D eigenvalue weighted by Crippen LogP contribution is 2.08. The molecule has 62 valence electrons. The zero-order chi connectivity index (χ0) is 8.43. The number of rotatable bonds is 2. The number of ether oxygens (including phenoxy) is 1. The van der Waals surface area contributed by atoms with Crippen LogP contribution in [0.4, 0.5) is 0 Å². The van der Waals surface area contributed by atoms with E-state index in [-0.39, 0.29) is 19.2 Å². The summed E-state index contributed by atoms with van der Waals surface area (Å²) in [5, 5.41) is 8.37. The van der Waals surface area contributed by atoms with E-state index in [1.807, 2.05) is 0 Å². The molecule has 1 aliphatic rings. The molecular weight excluding hydrogens is 150 g/mol. The van der Waals surface area contributed by atoms with Gasteiger partial charge >= 0.3 is 11.9 Å². The Balaban J connectivity index is 2.48. The highest BCUT2D eigenvalue weighted by Gasteiger charge is 2.31. The van der Waals surface area contributed by atoms with Crippen molar-refractivity contribution < 1.29 is 19.4 Å². The van der Waals surface area contributed by atoms with Crippen LogP contribution < -0.4 is 0 Å². The van der Waals surface area contributed by atoms with E-state index in [2.05, 4.69) is 4.74 Å². The summed E-state index contributed by atoms with van der Waals surface area (Å²) in [5.74, 6) is -1.30. The van der Waals surface area contributed by atoms with Gasteiger partial charge in [-0.1, -0.05) is 0 Å². The minimum atomic E-state index is -0.949. The molecule has 0 aliphatic carbocycles. The van der Waals surface area contributed by atoms with Crippen LogP contribution in [0.1, 0.15) is 6.92 Å². The topological polar surface area (TPSA) is 66.8 Å². The molecule has 1 rings (SSSR count). The largest absolute Gasteiger partial charge is 0.480 e. The molecule has 0 aromatic heterocycles. The highest BCUT2D eigenvalue weighted by atomic mass is 16.6. The fourth-order valence-corrected chi connectivity index (χ4v) is 0.884. The Hall–Kier alpha value is -1.10. The summed E-state index contributed by atoms with van der Waals surface area (Å²) >= 11 is 0. The smallest absolute Gasteiger partial charge is 0.324 e. The molecule has 0 aromatic carbocycles. The minimum absolute atomic E-state index is 0.0896. The number of aliphatic carboxylic acids is 1. The minimum Gasteiger partial charge on any atom is -0.480 e. The predicted octanol–water partition coefficient (Wildman–Crippen LogP) is -0.724. The lowest BCUT2D eigenvalue weighted by Gasteiger charge is -2.11. The zero-order valence-corrected chi connectivity index (χ0v) is 6.11. The van der Waals surface area contributed by atoms with Gasteiger partial charge in [-0.25, -0.2) is 4.90 Å². The lowest BCUT2D eigenvalue weighted by atomic mass is 10.3. The van der Waals surface area contributed by atoms with Gasteiger partial charge in [0.1, 0.15) is 19.3 Å². The third-order valence-corrected chi connectivity index (χ3v) is 1.60. The molecule has 1 heterocycles. The first-order valence-corrected chi connectivity index (χ1v) is 3.23. The quantitative estimate of drug-likeness (QED) is 0.538. The molecule has 0 saturated carbocycles. The third-order valence-electron chi connectivity index (χ3n) is 1.60. The summed E-state index contributed by atoms with van der Waals surface area (Å²) in [6.07, 6.45) is 0. The molecular formula is C6H9NO4. The van der Waals surface area contributed by atoms with Crippen LogP contribution in [0.25, 0.3) is 0 Å². The maximum atomic E-state index is 10.7. The number of hydrogen-bond acceptors (Lipinski definition) is 4. The van der Waals surface area contributed by atoms with E-state index >= 15 is 0 Å². The summed E-state index contributed by atoms with van der Waals surface area (Å²) in [4.78, 5) is 22.4. The third kappa shape index (κ3) is 1.68. The van der Waals surface area contributed by atoms with Crippen LogP contribution in [0, 0.1) is 0 Å². The number of nitrogens with zero attached hydrogens (tertiary/aromatic N) is 1. The Morgan fingerprint density at radius 2 is 2.55 bits per heavy atom.